The van der Waals surface area contributed by atoms with Gasteiger partial charge in [0.25, 0.3) is 5.91 Å². The number of nitrogens with one attached hydrogen (secondary N) is 1. The Labute approximate surface area is 164 Å². The fourth-order valence-corrected chi connectivity index (χ4v) is 4.34. The molecular formula is C22H24N4O2. The first-order valence-corrected chi connectivity index (χ1v) is 10.0. The molecule has 1 amide bonds. The van der Waals surface area contributed by atoms with Crippen LogP contribution in [0.4, 0.5) is 0 Å². The summed E-state index contributed by atoms with van der Waals surface area (Å²) in [7, 11) is 0. The molecule has 6 heteroatoms. The number of fused-ring (bicyclic) bond motifs is 2. The van der Waals surface area contributed by atoms with Gasteiger partial charge in [0.15, 0.2) is 5.76 Å². The van der Waals surface area contributed by atoms with Crippen LogP contribution in [-0.2, 0) is 13.0 Å². The molecule has 3 aromatic rings. The van der Waals surface area contributed by atoms with Crippen molar-refractivity contribution in [1.82, 2.24) is 20.2 Å². The summed E-state index contributed by atoms with van der Waals surface area (Å²) in [5.41, 5.74) is 4.03. The van der Waals surface area contributed by atoms with E-state index in [9.17, 15) is 4.79 Å². The molecule has 2 aliphatic rings. The molecule has 2 aromatic heterocycles. The molecule has 6 nitrogen and oxygen atoms in total. The lowest BCUT2D eigenvalue weighted by Gasteiger charge is -2.32. The van der Waals surface area contributed by atoms with Gasteiger partial charge in [-0.1, -0.05) is 18.2 Å². The molecule has 28 heavy (non-hydrogen) atoms. The number of amides is 1. The molecule has 144 valence electrons. The highest BCUT2D eigenvalue weighted by molar-refractivity contribution is 5.99. The predicted molar refractivity (Wildman–Crippen MR) is 106 cm³/mol. The van der Waals surface area contributed by atoms with Gasteiger partial charge in [-0.25, -0.2) is 9.97 Å². The molecule has 1 fully saturated rings. The highest BCUT2D eigenvalue weighted by atomic mass is 16.3. The summed E-state index contributed by atoms with van der Waals surface area (Å²) in [5.74, 6) is 1.49. The number of para-hydroxylation sites is 1. The minimum Gasteiger partial charge on any atom is -0.451 e. The zero-order chi connectivity index (χ0) is 19.1. The number of hydrogen-bond acceptors (Lipinski definition) is 5. The Hall–Kier alpha value is -2.73. The third-order valence-corrected chi connectivity index (χ3v) is 5.94. The van der Waals surface area contributed by atoms with Gasteiger partial charge in [-0.2, -0.15) is 0 Å². The summed E-state index contributed by atoms with van der Waals surface area (Å²) in [5, 5.41) is 4.36. The van der Waals surface area contributed by atoms with E-state index in [1.54, 1.807) is 0 Å². The molecular weight excluding hydrogens is 352 g/mol. The molecule has 2 aliphatic heterocycles. The van der Waals surface area contributed by atoms with Crippen LogP contribution in [0.1, 0.15) is 52.0 Å². The predicted octanol–water partition coefficient (Wildman–Crippen LogP) is 3.20. The normalized spacial score (nSPS) is 19.6. The summed E-state index contributed by atoms with van der Waals surface area (Å²) >= 11 is 0. The molecule has 4 heterocycles. The van der Waals surface area contributed by atoms with Crippen LogP contribution in [0.15, 0.2) is 34.9 Å². The van der Waals surface area contributed by atoms with E-state index in [1.807, 2.05) is 42.3 Å². The van der Waals surface area contributed by atoms with Crippen molar-refractivity contribution >= 4 is 16.9 Å². The Morgan fingerprint density at radius 2 is 2.21 bits per heavy atom. The number of benzene rings is 1. The number of furan rings is 1. The molecule has 0 aliphatic carbocycles. The fraction of sp³-hybridized carbons (Fsp3) is 0.409. The minimum absolute atomic E-state index is 0.0273. The molecule has 0 saturated carbocycles. The Morgan fingerprint density at radius 1 is 1.32 bits per heavy atom. The standard InChI is InChI=1S/C22H24N4O2/c1-14-17-6-2-3-7-19(17)28-20(14)22(27)26-10-4-5-15(13-26)21-24-12-16-11-23-9-8-18(16)25-21/h2-3,6-7,12,15,23H,4-5,8-11,13H2,1H3. The van der Waals surface area contributed by atoms with Gasteiger partial charge in [0.05, 0.1) is 0 Å². The van der Waals surface area contributed by atoms with Crippen molar-refractivity contribution in [3.05, 3.63) is 58.9 Å². The van der Waals surface area contributed by atoms with Crippen LogP contribution in [0.3, 0.4) is 0 Å². The number of aromatic nitrogens is 2. The Kier molecular flexibility index (Phi) is 4.36. The van der Waals surface area contributed by atoms with Gasteiger partial charge >= 0.3 is 0 Å². The minimum atomic E-state index is -0.0273. The third kappa shape index (κ3) is 2.98. The van der Waals surface area contributed by atoms with E-state index < -0.39 is 0 Å². The van der Waals surface area contributed by atoms with Gasteiger partial charge in [0, 0.05) is 66.9 Å². The first-order valence-electron chi connectivity index (χ1n) is 10.0. The van der Waals surface area contributed by atoms with Gasteiger partial charge in [-0.15, -0.1) is 0 Å². The number of likely N-dealkylation sites (tertiary alicyclic amines) is 1. The van der Waals surface area contributed by atoms with Crippen molar-refractivity contribution < 1.29 is 9.21 Å². The second-order valence-electron chi connectivity index (χ2n) is 7.77. The second kappa shape index (κ2) is 7.02. The highest BCUT2D eigenvalue weighted by Crippen LogP contribution is 2.30. The second-order valence-corrected chi connectivity index (χ2v) is 7.77. The van der Waals surface area contributed by atoms with Gasteiger partial charge < -0.3 is 14.6 Å². The molecule has 0 radical (unpaired) electrons. The number of piperidine rings is 1. The van der Waals surface area contributed by atoms with Crippen molar-refractivity contribution in [3.63, 3.8) is 0 Å². The van der Waals surface area contributed by atoms with Crippen molar-refractivity contribution in [2.45, 2.75) is 38.6 Å². The zero-order valence-electron chi connectivity index (χ0n) is 16.1. The first-order chi connectivity index (χ1) is 13.7. The zero-order valence-corrected chi connectivity index (χ0v) is 16.1. The van der Waals surface area contributed by atoms with Crippen molar-refractivity contribution in [2.24, 2.45) is 0 Å². The van der Waals surface area contributed by atoms with Crippen LogP contribution >= 0.6 is 0 Å². The number of carbonyl (C=O) groups excluding carboxylic acids is 1. The third-order valence-electron chi connectivity index (χ3n) is 5.94. The molecule has 5 rings (SSSR count). The number of carbonyl (C=O) groups is 1. The Balaban J connectivity index is 1.39. The number of rotatable bonds is 2. The maximum absolute atomic E-state index is 13.2. The van der Waals surface area contributed by atoms with Gasteiger partial charge in [0.1, 0.15) is 11.4 Å². The summed E-state index contributed by atoms with van der Waals surface area (Å²) in [6, 6.07) is 7.81. The van der Waals surface area contributed by atoms with Crippen LogP contribution in [0.2, 0.25) is 0 Å². The molecule has 0 bridgehead atoms. The maximum atomic E-state index is 13.2. The van der Waals surface area contributed by atoms with Crippen molar-refractivity contribution in [2.75, 3.05) is 19.6 Å². The summed E-state index contributed by atoms with van der Waals surface area (Å²) in [4.78, 5) is 24.6. The van der Waals surface area contributed by atoms with E-state index in [4.69, 9.17) is 9.40 Å². The highest BCUT2D eigenvalue weighted by Gasteiger charge is 2.30. The van der Waals surface area contributed by atoms with E-state index in [-0.39, 0.29) is 11.8 Å². The Morgan fingerprint density at radius 3 is 3.11 bits per heavy atom. The summed E-state index contributed by atoms with van der Waals surface area (Å²) in [6.07, 6.45) is 4.87. The van der Waals surface area contributed by atoms with Crippen LogP contribution in [0, 0.1) is 6.92 Å². The Bertz CT molecular complexity index is 1040. The molecule has 1 aromatic carbocycles. The SMILES string of the molecule is Cc1c(C(=O)N2CCCC(c3ncc4c(n3)CCNC4)C2)oc2ccccc12. The number of aryl methyl sites for hydroxylation is 1. The molecule has 1 N–H and O–H groups in total. The van der Waals surface area contributed by atoms with E-state index in [1.165, 1.54) is 5.56 Å². The van der Waals surface area contributed by atoms with E-state index in [0.29, 0.717) is 12.3 Å². The quantitative estimate of drug-likeness (QED) is 0.744. The molecule has 1 atom stereocenters. The fourth-order valence-electron chi connectivity index (χ4n) is 4.34. The number of nitrogens with zero attached hydrogens (tertiary/aromatic N) is 3. The van der Waals surface area contributed by atoms with Crippen LogP contribution < -0.4 is 5.32 Å². The molecule has 1 saturated heterocycles. The smallest absolute Gasteiger partial charge is 0.289 e. The van der Waals surface area contributed by atoms with E-state index >= 15 is 0 Å². The average Bonchev–Trinajstić information content (AvgIpc) is 3.10. The maximum Gasteiger partial charge on any atom is 0.289 e. The number of hydrogen-bond donors (Lipinski definition) is 1. The van der Waals surface area contributed by atoms with E-state index in [0.717, 1.165) is 66.9 Å². The van der Waals surface area contributed by atoms with Crippen LogP contribution in [0.25, 0.3) is 11.0 Å². The largest absolute Gasteiger partial charge is 0.451 e. The molecule has 0 spiro atoms. The lowest BCUT2D eigenvalue weighted by Crippen LogP contribution is -2.39. The summed E-state index contributed by atoms with van der Waals surface area (Å²) in [6.45, 7) is 5.16. The van der Waals surface area contributed by atoms with Crippen LogP contribution in [-0.4, -0.2) is 40.4 Å². The topological polar surface area (TPSA) is 71.3 Å². The average molecular weight is 376 g/mol. The van der Waals surface area contributed by atoms with E-state index in [2.05, 4.69) is 10.3 Å². The van der Waals surface area contributed by atoms with Crippen LogP contribution in [0.5, 0.6) is 0 Å². The lowest BCUT2D eigenvalue weighted by molar-refractivity contribution is 0.0673. The lowest BCUT2D eigenvalue weighted by atomic mass is 9.96. The van der Waals surface area contributed by atoms with Crippen molar-refractivity contribution in [3.8, 4) is 0 Å². The van der Waals surface area contributed by atoms with Gasteiger partial charge in [-0.3, -0.25) is 4.79 Å². The van der Waals surface area contributed by atoms with Gasteiger partial charge in [0.2, 0.25) is 0 Å². The van der Waals surface area contributed by atoms with Crippen molar-refractivity contribution in [1.29, 1.82) is 0 Å². The first kappa shape index (κ1) is 17.4. The molecule has 1 unspecified atom stereocenters. The van der Waals surface area contributed by atoms with Gasteiger partial charge in [-0.05, 0) is 25.8 Å². The summed E-state index contributed by atoms with van der Waals surface area (Å²) < 4.78 is 5.90. The monoisotopic (exact) mass is 376 g/mol.